The standard InChI is InChI=1S/C44H70O9/c1-27(2)28-15-21-44(22-18-33(45)50-26-51-37(49)53-38(3,4)5)24-23-42(11)29(35(28)44)13-14-31-41(10)19-17-32(52-34(46)25-39(6,7)36(47)48)40(8,9)30(41)16-20-43(31,42)12/h28-32,35H,1,13-26H2,2-12H3,(H,47,48)/t28-,29+,30-,31+,32-,35+,41-,42+,43+,44-/m0/s1. The van der Waals surface area contributed by atoms with Crippen LogP contribution in [-0.4, -0.2) is 47.7 Å². The molecule has 5 aliphatic carbocycles. The van der Waals surface area contributed by atoms with Crippen LogP contribution in [0.5, 0.6) is 0 Å². The minimum Gasteiger partial charge on any atom is -0.481 e. The number of hydrogen-bond acceptors (Lipinski definition) is 8. The summed E-state index contributed by atoms with van der Waals surface area (Å²) in [6.45, 7) is 27.0. The van der Waals surface area contributed by atoms with Crippen LogP contribution in [0.4, 0.5) is 4.79 Å². The van der Waals surface area contributed by atoms with Gasteiger partial charge in [-0.05, 0) is 163 Å². The van der Waals surface area contributed by atoms with Gasteiger partial charge in [0.15, 0.2) is 0 Å². The zero-order valence-electron chi connectivity index (χ0n) is 34.8. The Hall–Kier alpha value is -2.58. The normalized spacial score (nSPS) is 38.9. The molecule has 0 aromatic heterocycles. The topological polar surface area (TPSA) is 125 Å². The van der Waals surface area contributed by atoms with Crippen LogP contribution in [0.25, 0.3) is 0 Å². The number of ether oxygens (including phenoxy) is 4. The zero-order chi connectivity index (χ0) is 39.6. The van der Waals surface area contributed by atoms with Gasteiger partial charge in [0.2, 0.25) is 6.79 Å². The third kappa shape index (κ3) is 7.42. The van der Waals surface area contributed by atoms with Crippen LogP contribution in [0.15, 0.2) is 12.2 Å². The minimum atomic E-state index is -1.16. The molecule has 1 N–H and O–H groups in total. The third-order valence-electron chi connectivity index (χ3n) is 16.2. The Morgan fingerprint density at radius 2 is 1.45 bits per heavy atom. The number of rotatable bonds is 10. The van der Waals surface area contributed by atoms with E-state index in [0.29, 0.717) is 36.0 Å². The molecule has 10 atom stereocenters. The smallest absolute Gasteiger partial charge is 0.481 e. The first-order chi connectivity index (χ1) is 24.3. The molecule has 5 rings (SSSR count). The van der Waals surface area contributed by atoms with Gasteiger partial charge in [-0.25, -0.2) is 4.79 Å². The summed E-state index contributed by atoms with van der Waals surface area (Å²) in [6.07, 6.45) is 10.7. The van der Waals surface area contributed by atoms with E-state index >= 15 is 0 Å². The molecule has 0 unspecified atom stereocenters. The van der Waals surface area contributed by atoms with E-state index in [-0.39, 0.29) is 45.6 Å². The monoisotopic (exact) mass is 743 g/mol. The summed E-state index contributed by atoms with van der Waals surface area (Å²) in [6, 6.07) is 0. The van der Waals surface area contributed by atoms with Gasteiger partial charge in [-0.1, -0.05) is 46.8 Å². The highest BCUT2D eigenvalue weighted by Gasteiger charge is 2.71. The van der Waals surface area contributed by atoms with Gasteiger partial charge in [0.05, 0.1) is 11.8 Å². The quantitative estimate of drug-likeness (QED) is 0.101. The predicted molar refractivity (Wildman–Crippen MR) is 202 cm³/mol. The van der Waals surface area contributed by atoms with Gasteiger partial charge in [-0.3, -0.25) is 14.4 Å². The van der Waals surface area contributed by atoms with Crippen LogP contribution in [0.1, 0.15) is 160 Å². The molecule has 5 aliphatic rings. The van der Waals surface area contributed by atoms with Gasteiger partial charge < -0.3 is 24.1 Å². The number of hydrogen-bond donors (Lipinski definition) is 1. The second kappa shape index (κ2) is 14.2. The fourth-order valence-electron chi connectivity index (χ4n) is 13.4. The zero-order valence-corrected chi connectivity index (χ0v) is 34.8. The average molecular weight is 743 g/mol. The Labute approximate surface area is 319 Å². The molecule has 5 saturated carbocycles. The van der Waals surface area contributed by atoms with Gasteiger partial charge in [-0.15, -0.1) is 0 Å². The van der Waals surface area contributed by atoms with E-state index in [1.54, 1.807) is 34.6 Å². The lowest BCUT2D eigenvalue weighted by Crippen LogP contribution is -2.66. The van der Waals surface area contributed by atoms with Crippen molar-refractivity contribution in [2.45, 2.75) is 171 Å². The molecule has 0 spiro atoms. The SMILES string of the molecule is C=C(C)[C@@H]1CC[C@]2(CCC(=O)OCOC(=O)OC(C)(C)C)CC[C@]3(C)[C@H](CC[C@@H]4[C@@]5(C)CC[C@H](OC(=O)CC(C)(C)C(=O)O)C(C)(C)[C@@H]5CC[C@]43C)[C@@H]12. The highest BCUT2D eigenvalue weighted by atomic mass is 16.8. The maximum absolute atomic E-state index is 13.1. The lowest BCUT2D eigenvalue weighted by Gasteiger charge is -2.73. The number of carbonyl (C=O) groups excluding carboxylic acids is 3. The van der Waals surface area contributed by atoms with Crippen molar-refractivity contribution in [1.29, 1.82) is 0 Å². The lowest BCUT2D eigenvalue weighted by atomic mass is 9.32. The first-order valence-corrected chi connectivity index (χ1v) is 20.4. The van der Waals surface area contributed by atoms with Crippen LogP contribution < -0.4 is 0 Å². The molecule has 5 fully saturated rings. The number of carboxylic acid groups (broad SMARTS) is 1. The Balaban J connectivity index is 1.31. The molecule has 0 bridgehead atoms. The van der Waals surface area contributed by atoms with E-state index < -0.39 is 35.9 Å². The van der Waals surface area contributed by atoms with Crippen molar-refractivity contribution in [1.82, 2.24) is 0 Å². The molecule has 9 heteroatoms. The average Bonchev–Trinajstić information content (AvgIpc) is 3.41. The molecule has 0 saturated heterocycles. The maximum Gasteiger partial charge on any atom is 0.511 e. The summed E-state index contributed by atoms with van der Waals surface area (Å²) in [5.41, 5.74) is -0.340. The Bertz CT molecular complexity index is 1460. The summed E-state index contributed by atoms with van der Waals surface area (Å²) >= 11 is 0. The fourth-order valence-corrected chi connectivity index (χ4v) is 13.4. The Morgan fingerprint density at radius 1 is 0.774 bits per heavy atom. The molecule has 53 heavy (non-hydrogen) atoms. The fraction of sp³-hybridized carbons (Fsp3) is 0.864. The number of aliphatic carboxylic acids is 1. The van der Waals surface area contributed by atoms with E-state index in [2.05, 4.69) is 48.1 Å². The van der Waals surface area contributed by atoms with Crippen molar-refractivity contribution >= 4 is 24.1 Å². The predicted octanol–water partition coefficient (Wildman–Crippen LogP) is 10.3. The van der Waals surface area contributed by atoms with Gasteiger partial charge >= 0.3 is 24.1 Å². The molecule has 300 valence electrons. The number of allylic oxidation sites excluding steroid dienone is 1. The molecule has 9 nitrogen and oxygen atoms in total. The summed E-state index contributed by atoms with van der Waals surface area (Å²) in [5.74, 6) is 0.648. The number of esters is 2. The van der Waals surface area contributed by atoms with Crippen molar-refractivity contribution in [2.75, 3.05) is 6.79 Å². The Kier molecular flexibility index (Phi) is 11.1. The highest BCUT2D eigenvalue weighted by molar-refractivity contribution is 5.81. The second-order valence-electron chi connectivity index (χ2n) is 21.0. The first kappa shape index (κ1) is 41.6. The van der Waals surface area contributed by atoms with Crippen LogP contribution in [-0.2, 0) is 33.3 Å². The molecule has 0 aliphatic heterocycles. The maximum atomic E-state index is 13.1. The van der Waals surface area contributed by atoms with E-state index in [1.165, 1.54) is 18.4 Å². The number of carboxylic acids is 1. The molecular weight excluding hydrogens is 672 g/mol. The second-order valence-corrected chi connectivity index (χ2v) is 21.0. The van der Waals surface area contributed by atoms with Gasteiger partial charge in [0, 0.05) is 11.8 Å². The van der Waals surface area contributed by atoms with E-state index in [0.717, 1.165) is 57.8 Å². The summed E-state index contributed by atoms with van der Waals surface area (Å²) in [5, 5.41) is 9.60. The van der Waals surface area contributed by atoms with Crippen LogP contribution in [0.3, 0.4) is 0 Å². The van der Waals surface area contributed by atoms with Gasteiger partial charge in [-0.2, -0.15) is 0 Å². The highest BCUT2D eigenvalue weighted by Crippen LogP contribution is 2.78. The Morgan fingerprint density at radius 3 is 2.08 bits per heavy atom. The van der Waals surface area contributed by atoms with Crippen molar-refractivity contribution in [2.24, 2.45) is 62.1 Å². The van der Waals surface area contributed by atoms with E-state index in [9.17, 15) is 24.3 Å². The van der Waals surface area contributed by atoms with Crippen LogP contribution in [0, 0.1) is 62.1 Å². The molecule has 0 amide bonds. The van der Waals surface area contributed by atoms with E-state index in [1.807, 2.05) is 0 Å². The summed E-state index contributed by atoms with van der Waals surface area (Å²) in [7, 11) is 0. The largest absolute Gasteiger partial charge is 0.511 e. The third-order valence-corrected chi connectivity index (χ3v) is 16.2. The minimum absolute atomic E-state index is 0.0578. The lowest BCUT2D eigenvalue weighted by molar-refractivity contribution is -0.250. The van der Waals surface area contributed by atoms with Crippen molar-refractivity contribution < 1.29 is 43.2 Å². The number of carbonyl (C=O) groups is 4. The molecule has 0 aromatic carbocycles. The van der Waals surface area contributed by atoms with Crippen LogP contribution >= 0.6 is 0 Å². The van der Waals surface area contributed by atoms with Crippen LogP contribution in [0.2, 0.25) is 0 Å². The summed E-state index contributed by atoms with van der Waals surface area (Å²) in [4.78, 5) is 49.8. The molecule has 0 heterocycles. The summed E-state index contributed by atoms with van der Waals surface area (Å²) < 4.78 is 21.7. The van der Waals surface area contributed by atoms with Gasteiger partial charge in [0.25, 0.3) is 0 Å². The molecular formula is C44H70O9. The first-order valence-electron chi connectivity index (χ1n) is 20.4. The number of fused-ring (bicyclic) bond motifs is 7. The molecule has 0 aromatic rings. The van der Waals surface area contributed by atoms with Gasteiger partial charge in [0.1, 0.15) is 11.7 Å². The van der Waals surface area contributed by atoms with Crippen molar-refractivity contribution in [3.63, 3.8) is 0 Å². The molecule has 0 radical (unpaired) electrons. The van der Waals surface area contributed by atoms with E-state index in [4.69, 9.17) is 18.9 Å². The van der Waals surface area contributed by atoms with Crippen molar-refractivity contribution in [3.05, 3.63) is 12.2 Å². The van der Waals surface area contributed by atoms with Crippen molar-refractivity contribution in [3.8, 4) is 0 Å².